The number of para-hydroxylation sites is 1. The molecule has 1 saturated heterocycles. The summed E-state index contributed by atoms with van der Waals surface area (Å²) in [6.45, 7) is 10.7. The van der Waals surface area contributed by atoms with E-state index < -0.39 is 73.8 Å². The molecule has 2 aliphatic heterocycles. The summed E-state index contributed by atoms with van der Waals surface area (Å²) in [6, 6.07) is 5.21. The van der Waals surface area contributed by atoms with Gasteiger partial charge < -0.3 is 25.0 Å². The molecule has 4 aliphatic rings. The Labute approximate surface area is 320 Å². The molecule has 2 aromatic heterocycles. The quantitative estimate of drug-likeness (QED) is 0.310. The average molecular weight is 779 g/mol. The highest BCUT2D eigenvalue weighted by Crippen LogP contribution is 2.47. The van der Waals surface area contributed by atoms with E-state index in [1.807, 2.05) is 43.3 Å². The van der Waals surface area contributed by atoms with Crippen molar-refractivity contribution in [2.75, 3.05) is 6.54 Å². The van der Waals surface area contributed by atoms with Crippen molar-refractivity contribution in [2.24, 2.45) is 17.8 Å². The van der Waals surface area contributed by atoms with Crippen molar-refractivity contribution in [3.63, 3.8) is 0 Å². The van der Waals surface area contributed by atoms with Crippen LogP contribution in [0.15, 0.2) is 42.7 Å². The van der Waals surface area contributed by atoms with E-state index in [0.29, 0.717) is 36.8 Å². The summed E-state index contributed by atoms with van der Waals surface area (Å²) in [5, 5.41) is 14.5. The molecule has 3 fully saturated rings. The summed E-state index contributed by atoms with van der Waals surface area (Å²) < 4.78 is 41.4. The lowest BCUT2D eigenvalue weighted by atomic mass is 9.88. The third-order valence-electron chi connectivity index (χ3n) is 11.3. The Morgan fingerprint density at radius 2 is 1.84 bits per heavy atom. The van der Waals surface area contributed by atoms with Crippen molar-refractivity contribution >= 4 is 50.5 Å². The van der Waals surface area contributed by atoms with Crippen LogP contribution in [0.5, 0.6) is 5.88 Å². The van der Waals surface area contributed by atoms with E-state index in [-0.39, 0.29) is 37.1 Å². The van der Waals surface area contributed by atoms with Gasteiger partial charge in [0.1, 0.15) is 35.7 Å². The number of allylic oxidation sites excluding steroid dienone is 1. The molecule has 1 aromatic carbocycles. The van der Waals surface area contributed by atoms with E-state index in [1.54, 1.807) is 38.4 Å². The maximum Gasteiger partial charge on any atom is 0.408 e. The molecule has 0 spiro atoms. The van der Waals surface area contributed by atoms with E-state index in [4.69, 9.17) is 9.47 Å². The summed E-state index contributed by atoms with van der Waals surface area (Å²) in [7, 11) is -4.00. The fourth-order valence-corrected chi connectivity index (χ4v) is 9.08. The summed E-state index contributed by atoms with van der Waals surface area (Å²) >= 11 is 0. The van der Waals surface area contributed by atoms with Crippen molar-refractivity contribution in [1.82, 2.24) is 39.8 Å². The fourth-order valence-electron chi connectivity index (χ4n) is 7.77. The lowest BCUT2D eigenvalue weighted by molar-refractivity contribution is -0.142. The van der Waals surface area contributed by atoms with Gasteiger partial charge >= 0.3 is 6.09 Å². The van der Waals surface area contributed by atoms with Crippen LogP contribution in [0.3, 0.4) is 0 Å². The standard InChI is InChI=1S/C38H50N8O8S/c1-22-11-7-8-12-24-19-38(24,33(49)44-55(51,52)37(6)15-16-37)42-30(47)28-18-25(53-31-26-13-9-10-14-27(26)46-21-39-43-34(46)41-31)20-45(28)32(48)29(23(2)17-22)40-35(50)54-36(3,4)5/h8-10,12-14,21-25,28-29H,7,11,15-20H2,1-6H3,(H,40,50)(H,42,47)(H,44,49)/b12-8-/t22-,23-,24?,25-,28+,29+,38-/m1/s1. The van der Waals surface area contributed by atoms with Gasteiger partial charge in [0.25, 0.3) is 11.7 Å². The van der Waals surface area contributed by atoms with Crippen molar-refractivity contribution in [3.05, 3.63) is 42.7 Å². The maximum atomic E-state index is 14.8. The van der Waals surface area contributed by atoms with Crippen LogP contribution in [-0.4, -0.2) is 97.3 Å². The zero-order valence-electron chi connectivity index (χ0n) is 32.1. The molecule has 0 radical (unpaired) electrons. The van der Waals surface area contributed by atoms with Crippen LogP contribution in [0.4, 0.5) is 4.79 Å². The minimum absolute atomic E-state index is 0.0178. The number of carbonyl (C=O) groups is 4. The molecule has 55 heavy (non-hydrogen) atoms. The van der Waals surface area contributed by atoms with Crippen LogP contribution in [0.1, 0.15) is 86.5 Å². The first-order valence-electron chi connectivity index (χ1n) is 19.0. The predicted octanol–water partition coefficient (Wildman–Crippen LogP) is 3.40. The third kappa shape index (κ3) is 7.71. The van der Waals surface area contributed by atoms with Crippen LogP contribution >= 0.6 is 0 Å². The average Bonchev–Trinajstić information content (AvgIpc) is 3.89. The van der Waals surface area contributed by atoms with E-state index in [0.717, 1.165) is 11.9 Å². The zero-order chi connectivity index (χ0) is 39.5. The van der Waals surface area contributed by atoms with Gasteiger partial charge in [-0.05, 0) is 90.2 Å². The number of nitrogens with zero attached hydrogens (tertiary/aromatic N) is 5. The van der Waals surface area contributed by atoms with Gasteiger partial charge in [-0.3, -0.25) is 23.5 Å². The second-order valence-electron chi connectivity index (χ2n) is 17.0. The number of aromatic nitrogens is 4. The van der Waals surface area contributed by atoms with Crippen LogP contribution in [-0.2, 0) is 29.1 Å². The molecule has 16 nitrogen and oxygen atoms in total. The number of hydrogen-bond acceptors (Lipinski definition) is 11. The van der Waals surface area contributed by atoms with Gasteiger partial charge in [0.2, 0.25) is 27.7 Å². The number of fused-ring (bicyclic) bond motifs is 5. The molecule has 2 saturated carbocycles. The van der Waals surface area contributed by atoms with Gasteiger partial charge in [-0.15, -0.1) is 10.2 Å². The summed E-state index contributed by atoms with van der Waals surface area (Å²) in [5.41, 5.74) is -1.62. The number of sulfonamides is 1. The van der Waals surface area contributed by atoms with Gasteiger partial charge in [0, 0.05) is 12.3 Å². The molecule has 0 bridgehead atoms. The Morgan fingerprint density at radius 3 is 2.56 bits per heavy atom. The minimum Gasteiger partial charge on any atom is -0.472 e. The lowest BCUT2D eigenvalue weighted by Gasteiger charge is -2.33. The molecule has 3 aromatic rings. The Hall–Kier alpha value is -4.80. The smallest absolute Gasteiger partial charge is 0.408 e. The molecule has 3 N–H and O–H groups in total. The predicted molar refractivity (Wildman–Crippen MR) is 201 cm³/mol. The number of hydrogen-bond donors (Lipinski definition) is 3. The molecule has 7 atom stereocenters. The second kappa shape index (κ2) is 14.0. The summed E-state index contributed by atoms with van der Waals surface area (Å²) in [6.07, 6.45) is 6.96. The van der Waals surface area contributed by atoms with Crippen molar-refractivity contribution < 1.29 is 37.1 Å². The molecule has 7 rings (SSSR count). The van der Waals surface area contributed by atoms with Crippen molar-refractivity contribution in [1.29, 1.82) is 0 Å². The molecule has 2 aliphatic carbocycles. The Balaban J connectivity index is 1.24. The van der Waals surface area contributed by atoms with E-state index in [2.05, 4.69) is 37.5 Å². The summed E-state index contributed by atoms with van der Waals surface area (Å²) in [5.74, 6) is -2.08. The minimum atomic E-state index is -4.00. The second-order valence-corrected chi connectivity index (χ2v) is 19.2. The van der Waals surface area contributed by atoms with Crippen LogP contribution in [0.25, 0.3) is 16.7 Å². The number of rotatable bonds is 6. The Morgan fingerprint density at radius 1 is 1.09 bits per heavy atom. The molecule has 4 amide bonds. The van der Waals surface area contributed by atoms with E-state index in [9.17, 15) is 27.6 Å². The monoisotopic (exact) mass is 778 g/mol. The zero-order valence-corrected chi connectivity index (χ0v) is 32.9. The molecule has 4 heterocycles. The summed E-state index contributed by atoms with van der Waals surface area (Å²) in [4.78, 5) is 62.5. The highest BCUT2D eigenvalue weighted by atomic mass is 32.2. The topological polar surface area (TPSA) is 203 Å². The van der Waals surface area contributed by atoms with Gasteiger partial charge in [0.05, 0.1) is 22.2 Å². The Kier molecular flexibility index (Phi) is 9.83. The number of alkyl carbamates (subject to hydrolysis) is 1. The largest absolute Gasteiger partial charge is 0.472 e. The van der Waals surface area contributed by atoms with Gasteiger partial charge in [-0.1, -0.05) is 38.1 Å². The normalized spacial score (nSPS) is 30.3. The maximum absolute atomic E-state index is 14.8. The number of amides is 4. The lowest BCUT2D eigenvalue weighted by Crippen LogP contribution is -2.59. The van der Waals surface area contributed by atoms with Crippen molar-refractivity contribution in [3.8, 4) is 5.88 Å². The Bertz CT molecular complexity index is 2160. The third-order valence-corrected chi connectivity index (χ3v) is 13.5. The number of nitrogens with one attached hydrogen (secondary N) is 3. The number of carbonyl (C=O) groups excluding carboxylic acids is 4. The number of ether oxygens (including phenoxy) is 2. The highest BCUT2D eigenvalue weighted by Gasteiger charge is 2.63. The van der Waals surface area contributed by atoms with Gasteiger partial charge in [0.15, 0.2) is 0 Å². The van der Waals surface area contributed by atoms with Crippen molar-refractivity contribution in [2.45, 2.75) is 121 Å². The number of benzene rings is 1. The van der Waals surface area contributed by atoms with Crippen LogP contribution in [0, 0.1) is 17.8 Å². The first-order chi connectivity index (χ1) is 25.9. The van der Waals surface area contributed by atoms with Gasteiger partial charge in [-0.2, -0.15) is 4.98 Å². The first-order valence-corrected chi connectivity index (χ1v) is 20.5. The van der Waals surface area contributed by atoms with E-state index >= 15 is 0 Å². The molecular weight excluding hydrogens is 729 g/mol. The van der Waals surface area contributed by atoms with Crippen LogP contribution in [0.2, 0.25) is 0 Å². The SMILES string of the molecule is C[C@@H]1CC/C=C\C2C[C@@]2(C(=O)NS(=O)(=O)C2(C)CC2)NC(=O)[C@@H]2C[C@@H](Oc3nc4nncn4c4ccccc34)CN2C(=O)[C@@H](NC(=O)OC(C)(C)C)[C@H](C)C1. The molecular formula is C38H50N8O8S. The highest BCUT2D eigenvalue weighted by molar-refractivity contribution is 7.91. The first kappa shape index (κ1) is 38.5. The molecule has 17 heteroatoms. The van der Waals surface area contributed by atoms with Gasteiger partial charge in [-0.25, -0.2) is 13.2 Å². The molecule has 1 unspecified atom stereocenters. The fraction of sp³-hybridized carbons (Fsp3) is 0.605. The molecule has 296 valence electrons. The van der Waals surface area contributed by atoms with E-state index in [1.165, 1.54) is 4.90 Å². The van der Waals surface area contributed by atoms with Crippen LogP contribution < -0.4 is 20.1 Å².